The molecule has 2 aromatic rings. The number of methoxy groups -OCH3 is 2. The van der Waals surface area contributed by atoms with Gasteiger partial charge in [-0.25, -0.2) is 4.21 Å². The van der Waals surface area contributed by atoms with Crippen molar-refractivity contribution in [2.24, 2.45) is 0 Å². The normalized spacial score (nSPS) is 11.9. The fourth-order valence-electron chi connectivity index (χ4n) is 1.74. The molecule has 2 aromatic carbocycles. The van der Waals surface area contributed by atoms with Gasteiger partial charge in [-0.2, -0.15) is 0 Å². The Balaban J connectivity index is 2.54. The van der Waals surface area contributed by atoms with Crippen LogP contribution in [0.25, 0.3) is 0 Å². The number of ether oxygens (including phenoxy) is 2. The predicted octanol–water partition coefficient (Wildman–Crippen LogP) is 2.58. The van der Waals surface area contributed by atoms with E-state index in [-0.39, 0.29) is 17.2 Å². The molecule has 0 amide bonds. The Morgan fingerprint density at radius 3 is 2.16 bits per heavy atom. The molecule has 0 fully saturated rings. The quantitative estimate of drug-likeness (QED) is 0.934. The first-order chi connectivity index (χ1) is 9.19. The molecule has 19 heavy (non-hydrogen) atoms. The fraction of sp³-hybridized carbons (Fsp3) is 0.143. The first-order valence-corrected chi connectivity index (χ1v) is 6.74. The van der Waals surface area contributed by atoms with E-state index in [1.165, 1.54) is 20.3 Å². The molecule has 0 aliphatic heterocycles. The van der Waals surface area contributed by atoms with Gasteiger partial charge in [-0.1, -0.05) is 18.2 Å². The molecule has 1 atom stereocenters. The van der Waals surface area contributed by atoms with Crippen molar-refractivity contribution in [3.05, 3.63) is 42.5 Å². The number of aromatic hydroxyl groups is 1. The van der Waals surface area contributed by atoms with Crippen LogP contribution in [-0.2, 0) is 10.8 Å². The van der Waals surface area contributed by atoms with Gasteiger partial charge in [0.2, 0.25) is 5.75 Å². The van der Waals surface area contributed by atoms with Gasteiger partial charge >= 0.3 is 0 Å². The number of hydrogen-bond donors (Lipinski definition) is 1. The van der Waals surface area contributed by atoms with Crippen molar-refractivity contribution in [1.82, 2.24) is 0 Å². The van der Waals surface area contributed by atoms with E-state index < -0.39 is 10.8 Å². The molecular formula is C14H14O4S. The highest BCUT2D eigenvalue weighted by Crippen LogP contribution is 2.41. The maximum absolute atomic E-state index is 12.5. The van der Waals surface area contributed by atoms with Crippen molar-refractivity contribution in [2.45, 2.75) is 9.79 Å². The largest absolute Gasteiger partial charge is 0.504 e. The average molecular weight is 278 g/mol. The average Bonchev–Trinajstić information content (AvgIpc) is 2.47. The molecule has 0 aliphatic carbocycles. The number of phenolic OH excluding ortho intramolecular Hbond substituents is 1. The van der Waals surface area contributed by atoms with E-state index in [0.717, 1.165) is 0 Å². The van der Waals surface area contributed by atoms with Crippen LogP contribution in [0.1, 0.15) is 0 Å². The first kappa shape index (κ1) is 13.4. The smallest absolute Gasteiger partial charge is 0.204 e. The summed E-state index contributed by atoms with van der Waals surface area (Å²) in [6, 6.07) is 12.0. The van der Waals surface area contributed by atoms with Crippen LogP contribution in [0.2, 0.25) is 0 Å². The summed E-state index contributed by atoms with van der Waals surface area (Å²) >= 11 is 0. The third-order valence-corrected chi connectivity index (χ3v) is 4.04. The van der Waals surface area contributed by atoms with E-state index in [4.69, 9.17) is 9.47 Å². The third kappa shape index (κ3) is 2.56. The Kier molecular flexibility index (Phi) is 4.06. The van der Waals surface area contributed by atoms with Gasteiger partial charge in [0.1, 0.15) is 0 Å². The van der Waals surface area contributed by atoms with E-state index in [9.17, 15) is 9.32 Å². The molecule has 1 N–H and O–H groups in total. The van der Waals surface area contributed by atoms with E-state index >= 15 is 0 Å². The van der Waals surface area contributed by atoms with E-state index in [1.807, 2.05) is 18.2 Å². The van der Waals surface area contributed by atoms with Crippen LogP contribution in [0.5, 0.6) is 17.2 Å². The first-order valence-electron chi connectivity index (χ1n) is 5.59. The highest BCUT2D eigenvalue weighted by molar-refractivity contribution is 7.85. The van der Waals surface area contributed by atoms with Crippen molar-refractivity contribution in [3.63, 3.8) is 0 Å². The van der Waals surface area contributed by atoms with Gasteiger partial charge in [0, 0.05) is 4.90 Å². The van der Waals surface area contributed by atoms with Crippen molar-refractivity contribution in [1.29, 1.82) is 0 Å². The lowest BCUT2D eigenvalue weighted by Crippen LogP contribution is -1.99. The van der Waals surface area contributed by atoms with Crippen molar-refractivity contribution >= 4 is 10.8 Å². The molecule has 0 bridgehead atoms. The van der Waals surface area contributed by atoms with Gasteiger partial charge in [-0.15, -0.1) is 0 Å². The van der Waals surface area contributed by atoms with Gasteiger partial charge < -0.3 is 14.6 Å². The zero-order valence-electron chi connectivity index (χ0n) is 10.6. The summed E-state index contributed by atoms with van der Waals surface area (Å²) < 4.78 is 22.8. The molecule has 0 spiro atoms. The van der Waals surface area contributed by atoms with Gasteiger partial charge in [0.25, 0.3) is 0 Å². The van der Waals surface area contributed by atoms with E-state index in [0.29, 0.717) is 9.79 Å². The maximum atomic E-state index is 12.5. The molecule has 0 radical (unpaired) electrons. The molecular weight excluding hydrogens is 264 g/mol. The summed E-state index contributed by atoms with van der Waals surface area (Å²) in [5.41, 5.74) is 0. The zero-order chi connectivity index (χ0) is 13.8. The Morgan fingerprint density at radius 1 is 0.947 bits per heavy atom. The highest BCUT2D eigenvalue weighted by Gasteiger charge is 2.19. The second-order valence-electron chi connectivity index (χ2n) is 3.73. The number of rotatable bonds is 4. The summed E-state index contributed by atoms with van der Waals surface area (Å²) in [5.74, 6) is 0.419. The Hall–Kier alpha value is -2.01. The lowest BCUT2D eigenvalue weighted by Gasteiger charge is -2.13. The molecule has 100 valence electrons. The maximum Gasteiger partial charge on any atom is 0.204 e. The number of phenols is 1. The van der Waals surface area contributed by atoms with Crippen molar-refractivity contribution in [2.75, 3.05) is 14.2 Å². The molecule has 0 saturated heterocycles. The standard InChI is InChI=1S/C14H14O4S/c1-17-13-11(15)8-9-12(14(13)18-2)19(16)10-6-4-3-5-7-10/h3-9,15H,1-2H3. The van der Waals surface area contributed by atoms with Gasteiger partial charge in [0.05, 0.1) is 29.9 Å². The van der Waals surface area contributed by atoms with Crippen LogP contribution >= 0.6 is 0 Å². The minimum atomic E-state index is -1.39. The molecule has 0 aliphatic rings. The van der Waals surface area contributed by atoms with E-state index in [2.05, 4.69) is 0 Å². The second-order valence-corrected chi connectivity index (χ2v) is 5.18. The van der Waals surface area contributed by atoms with Gasteiger partial charge in [0.15, 0.2) is 11.5 Å². The Labute approximate surface area is 114 Å². The van der Waals surface area contributed by atoms with Crippen LogP contribution in [0.3, 0.4) is 0 Å². The van der Waals surface area contributed by atoms with Crippen LogP contribution < -0.4 is 9.47 Å². The number of benzene rings is 2. The van der Waals surface area contributed by atoms with Crippen molar-refractivity contribution < 1.29 is 18.8 Å². The Bertz CT molecular complexity index is 596. The molecule has 0 aromatic heterocycles. The lowest BCUT2D eigenvalue weighted by molar-refractivity contribution is 0.327. The molecule has 4 nitrogen and oxygen atoms in total. The zero-order valence-corrected chi connectivity index (χ0v) is 11.4. The molecule has 0 saturated carbocycles. The van der Waals surface area contributed by atoms with Gasteiger partial charge in [-0.05, 0) is 24.3 Å². The second kappa shape index (κ2) is 5.75. The summed E-state index contributed by atoms with van der Waals surface area (Å²) in [7, 11) is 1.48. The summed E-state index contributed by atoms with van der Waals surface area (Å²) in [6.07, 6.45) is 0. The monoisotopic (exact) mass is 278 g/mol. The Morgan fingerprint density at radius 2 is 1.58 bits per heavy atom. The summed E-state index contributed by atoms with van der Waals surface area (Å²) in [6.45, 7) is 0. The summed E-state index contributed by atoms with van der Waals surface area (Å²) in [5, 5.41) is 9.70. The van der Waals surface area contributed by atoms with Crippen LogP contribution in [0, 0.1) is 0 Å². The van der Waals surface area contributed by atoms with Crippen LogP contribution in [-0.4, -0.2) is 23.5 Å². The fourth-order valence-corrected chi connectivity index (χ4v) is 2.94. The molecule has 2 rings (SSSR count). The topological polar surface area (TPSA) is 55.8 Å². The minimum absolute atomic E-state index is 0.0480. The highest BCUT2D eigenvalue weighted by atomic mass is 32.2. The molecule has 5 heteroatoms. The third-order valence-electron chi connectivity index (χ3n) is 2.62. The summed E-state index contributed by atoms with van der Waals surface area (Å²) in [4.78, 5) is 1.12. The molecule has 1 unspecified atom stereocenters. The SMILES string of the molecule is COc1c(O)ccc(S(=O)c2ccccc2)c1OC. The predicted molar refractivity (Wildman–Crippen MR) is 72.3 cm³/mol. The number of hydrogen-bond acceptors (Lipinski definition) is 4. The van der Waals surface area contributed by atoms with E-state index in [1.54, 1.807) is 18.2 Å². The van der Waals surface area contributed by atoms with Crippen molar-refractivity contribution in [3.8, 4) is 17.2 Å². The van der Waals surface area contributed by atoms with Crippen LogP contribution in [0.15, 0.2) is 52.3 Å². The van der Waals surface area contributed by atoms with Gasteiger partial charge in [-0.3, -0.25) is 0 Å². The lowest BCUT2D eigenvalue weighted by atomic mass is 10.3. The van der Waals surface area contributed by atoms with Crippen LogP contribution in [0.4, 0.5) is 0 Å². The minimum Gasteiger partial charge on any atom is -0.504 e. The molecule has 0 heterocycles.